The lowest BCUT2D eigenvalue weighted by Crippen LogP contribution is -2.04. The van der Waals surface area contributed by atoms with Crippen LogP contribution < -0.4 is 0 Å². The Hall–Kier alpha value is -3.47. The van der Waals surface area contributed by atoms with Crippen LogP contribution in [0.4, 0.5) is 0 Å². The van der Waals surface area contributed by atoms with Gasteiger partial charge in [0.1, 0.15) is 5.75 Å². The minimum absolute atomic E-state index is 0.00953. The Balaban J connectivity index is 1.63. The molecule has 0 amide bonds. The summed E-state index contributed by atoms with van der Waals surface area (Å²) in [5.74, 6) is 0.692. The van der Waals surface area contributed by atoms with Gasteiger partial charge in [0.15, 0.2) is 17.3 Å². The lowest BCUT2D eigenvalue weighted by molar-refractivity contribution is 0.0991. The number of hydrogen-bond donors (Lipinski definition) is 1. The van der Waals surface area contributed by atoms with E-state index in [1.807, 2.05) is 42.6 Å². The van der Waals surface area contributed by atoms with Gasteiger partial charge in [-0.05, 0) is 29.8 Å². The first-order valence-corrected chi connectivity index (χ1v) is 7.92. The average Bonchev–Trinajstić information content (AvgIpc) is 3.03. The molecule has 2 aromatic carbocycles. The Morgan fingerprint density at radius 3 is 2.60 bits per heavy atom. The first-order chi connectivity index (χ1) is 12.2. The fourth-order valence-electron chi connectivity index (χ4n) is 2.73. The number of fused-ring (bicyclic) bond motifs is 1. The molecule has 0 atom stereocenters. The van der Waals surface area contributed by atoms with Gasteiger partial charge in [0.2, 0.25) is 0 Å². The van der Waals surface area contributed by atoms with Gasteiger partial charge in [-0.15, -0.1) is 0 Å². The molecular formula is C20H15N3O2. The molecule has 1 N–H and O–H groups in total. The molecule has 0 bridgehead atoms. The van der Waals surface area contributed by atoms with Crippen LogP contribution in [0, 0.1) is 0 Å². The molecule has 5 heteroatoms. The second-order valence-electron chi connectivity index (χ2n) is 5.76. The summed E-state index contributed by atoms with van der Waals surface area (Å²) in [6.07, 6.45) is 2.00. The summed E-state index contributed by atoms with van der Waals surface area (Å²) in [4.78, 5) is 16.7. The predicted octanol–water partition coefficient (Wildman–Crippen LogP) is 3.53. The Labute approximate surface area is 144 Å². The number of pyridine rings is 1. The Morgan fingerprint density at radius 2 is 1.80 bits per heavy atom. The number of aromatic nitrogens is 3. The van der Waals surface area contributed by atoms with Crippen LogP contribution >= 0.6 is 0 Å². The number of hydrogen-bond acceptors (Lipinski definition) is 4. The van der Waals surface area contributed by atoms with Crippen LogP contribution in [0.2, 0.25) is 0 Å². The molecular weight excluding hydrogens is 314 g/mol. The minimum atomic E-state index is -0.00953. The van der Waals surface area contributed by atoms with Crippen molar-refractivity contribution in [2.45, 2.75) is 6.42 Å². The summed E-state index contributed by atoms with van der Waals surface area (Å²) in [6, 6.07) is 19.9. The Bertz CT molecular complexity index is 1050. The number of rotatable bonds is 4. The van der Waals surface area contributed by atoms with Gasteiger partial charge in [0, 0.05) is 17.3 Å². The van der Waals surface area contributed by atoms with Crippen molar-refractivity contribution in [2.24, 2.45) is 0 Å². The maximum Gasteiger partial charge on any atom is 0.170 e. The van der Waals surface area contributed by atoms with E-state index in [2.05, 4.69) is 10.1 Å². The Kier molecular flexibility index (Phi) is 3.74. The number of phenolic OH excluding ortho intramolecular Hbond substituents is 1. The smallest absolute Gasteiger partial charge is 0.170 e. The SMILES string of the molecule is O=C(Cc1nc2ccc(-c3cccc(O)c3)cn2n1)c1ccccc1. The molecule has 0 fully saturated rings. The van der Waals surface area contributed by atoms with Crippen molar-refractivity contribution in [3.63, 3.8) is 0 Å². The van der Waals surface area contributed by atoms with E-state index in [1.165, 1.54) is 0 Å². The van der Waals surface area contributed by atoms with Gasteiger partial charge in [0.25, 0.3) is 0 Å². The maximum atomic E-state index is 12.3. The third-order valence-corrected chi connectivity index (χ3v) is 3.97. The normalized spacial score (nSPS) is 10.9. The molecule has 0 saturated carbocycles. The van der Waals surface area contributed by atoms with E-state index in [4.69, 9.17) is 0 Å². The van der Waals surface area contributed by atoms with Gasteiger partial charge in [-0.3, -0.25) is 4.79 Å². The van der Waals surface area contributed by atoms with Gasteiger partial charge in [0.05, 0.1) is 6.42 Å². The number of ketones is 1. The van der Waals surface area contributed by atoms with Crippen molar-refractivity contribution in [3.8, 4) is 16.9 Å². The first kappa shape index (κ1) is 15.1. The minimum Gasteiger partial charge on any atom is -0.508 e. The molecule has 2 aromatic heterocycles. The molecule has 2 heterocycles. The molecule has 4 rings (SSSR count). The fourth-order valence-corrected chi connectivity index (χ4v) is 2.73. The van der Waals surface area contributed by atoms with E-state index in [0.29, 0.717) is 17.0 Å². The largest absolute Gasteiger partial charge is 0.508 e. The topological polar surface area (TPSA) is 67.5 Å². The van der Waals surface area contributed by atoms with E-state index in [-0.39, 0.29) is 18.0 Å². The summed E-state index contributed by atoms with van der Waals surface area (Å²) < 4.78 is 1.66. The number of Topliss-reactive ketones (excluding diaryl/α,β-unsaturated/α-hetero) is 1. The molecule has 25 heavy (non-hydrogen) atoms. The third-order valence-electron chi connectivity index (χ3n) is 3.97. The van der Waals surface area contributed by atoms with Crippen molar-refractivity contribution in [2.75, 3.05) is 0 Å². The van der Waals surface area contributed by atoms with Gasteiger partial charge in [-0.25, -0.2) is 9.50 Å². The summed E-state index contributed by atoms with van der Waals surface area (Å²) in [7, 11) is 0. The van der Waals surface area contributed by atoms with Crippen LogP contribution in [0.3, 0.4) is 0 Å². The maximum absolute atomic E-state index is 12.3. The van der Waals surface area contributed by atoms with Gasteiger partial charge >= 0.3 is 0 Å². The second-order valence-corrected chi connectivity index (χ2v) is 5.76. The van der Waals surface area contributed by atoms with Crippen LogP contribution in [0.25, 0.3) is 16.8 Å². The zero-order chi connectivity index (χ0) is 17.2. The highest BCUT2D eigenvalue weighted by atomic mass is 16.3. The highest BCUT2D eigenvalue weighted by Crippen LogP contribution is 2.23. The quantitative estimate of drug-likeness (QED) is 0.582. The lowest BCUT2D eigenvalue weighted by Gasteiger charge is -2.02. The molecule has 4 aromatic rings. The van der Waals surface area contributed by atoms with Crippen molar-refractivity contribution in [1.82, 2.24) is 14.6 Å². The van der Waals surface area contributed by atoms with Crippen molar-refractivity contribution in [1.29, 1.82) is 0 Å². The van der Waals surface area contributed by atoms with E-state index < -0.39 is 0 Å². The zero-order valence-electron chi connectivity index (χ0n) is 13.3. The average molecular weight is 329 g/mol. The monoisotopic (exact) mass is 329 g/mol. The van der Waals surface area contributed by atoms with Crippen LogP contribution in [-0.2, 0) is 6.42 Å². The van der Waals surface area contributed by atoms with E-state index in [0.717, 1.165) is 11.1 Å². The third kappa shape index (κ3) is 3.12. The van der Waals surface area contributed by atoms with Crippen LogP contribution in [0.15, 0.2) is 72.9 Å². The standard InChI is InChI=1S/C20H15N3O2/c24-17-8-4-7-15(11-17)16-9-10-20-21-19(22-23(20)13-16)12-18(25)14-5-2-1-3-6-14/h1-11,13,24H,12H2. The van der Waals surface area contributed by atoms with Crippen molar-refractivity contribution < 1.29 is 9.90 Å². The molecule has 0 unspecified atom stereocenters. The number of aromatic hydroxyl groups is 1. The lowest BCUT2D eigenvalue weighted by atomic mass is 10.1. The molecule has 0 saturated heterocycles. The number of carbonyl (C=O) groups is 1. The van der Waals surface area contributed by atoms with Gasteiger partial charge in [-0.2, -0.15) is 5.10 Å². The van der Waals surface area contributed by atoms with Crippen molar-refractivity contribution >= 4 is 11.4 Å². The second kappa shape index (κ2) is 6.20. The zero-order valence-corrected chi connectivity index (χ0v) is 13.3. The van der Waals surface area contributed by atoms with E-state index in [9.17, 15) is 9.90 Å². The molecule has 0 aliphatic heterocycles. The van der Waals surface area contributed by atoms with E-state index in [1.54, 1.807) is 34.8 Å². The molecule has 0 aliphatic rings. The fraction of sp³-hybridized carbons (Fsp3) is 0.0500. The molecule has 5 nitrogen and oxygen atoms in total. The van der Waals surface area contributed by atoms with Crippen LogP contribution in [0.1, 0.15) is 16.2 Å². The summed E-state index contributed by atoms with van der Waals surface area (Å²) in [6.45, 7) is 0. The molecule has 122 valence electrons. The highest BCUT2D eigenvalue weighted by molar-refractivity contribution is 5.97. The number of benzene rings is 2. The van der Waals surface area contributed by atoms with E-state index >= 15 is 0 Å². The summed E-state index contributed by atoms with van der Waals surface area (Å²) in [5, 5.41) is 14.0. The number of nitrogens with zero attached hydrogens (tertiary/aromatic N) is 3. The van der Waals surface area contributed by atoms with Crippen molar-refractivity contribution in [3.05, 3.63) is 84.3 Å². The van der Waals surface area contributed by atoms with Crippen LogP contribution in [0.5, 0.6) is 5.75 Å². The van der Waals surface area contributed by atoms with Gasteiger partial charge < -0.3 is 5.11 Å². The number of phenols is 1. The predicted molar refractivity (Wildman–Crippen MR) is 94.6 cm³/mol. The Morgan fingerprint density at radius 1 is 0.960 bits per heavy atom. The van der Waals surface area contributed by atoms with Gasteiger partial charge in [-0.1, -0.05) is 42.5 Å². The molecule has 0 radical (unpaired) electrons. The highest BCUT2D eigenvalue weighted by Gasteiger charge is 2.11. The molecule has 0 aliphatic carbocycles. The summed E-state index contributed by atoms with van der Waals surface area (Å²) in [5.41, 5.74) is 3.13. The van der Waals surface area contributed by atoms with Crippen LogP contribution in [-0.4, -0.2) is 25.5 Å². The molecule has 0 spiro atoms. The summed E-state index contributed by atoms with van der Waals surface area (Å²) >= 11 is 0. The number of carbonyl (C=O) groups excluding carboxylic acids is 1. The first-order valence-electron chi connectivity index (χ1n) is 7.92.